The van der Waals surface area contributed by atoms with Gasteiger partial charge in [0.1, 0.15) is 5.82 Å². The minimum atomic E-state index is 0.627. The number of nitrogens with one attached hydrogen (secondary N) is 1. The summed E-state index contributed by atoms with van der Waals surface area (Å²) in [5.41, 5.74) is 2.80. The predicted octanol–water partition coefficient (Wildman–Crippen LogP) is 3.66. The maximum atomic E-state index is 4.79. The highest BCUT2D eigenvalue weighted by molar-refractivity contribution is 7.99. The van der Waals surface area contributed by atoms with Crippen LogP contribution < -0.4 is 5.32 Å². The summed E-state index contributed by atoms with van der Waals surface area (Å²) in [7, 11) is 0. The van der Waals surface area contributed by atoms with Crippen molar-refractivity contribution in [3.05, 3.63) is 23.4 Å². The number of hydrogen-bond acceptors (Lipinski definition) is 3. The zero-order chi connectivity index (χ0) is 12.4. The second kappa shape index (κ2) is 5.52. The van der Waals surface area contributed by atoms with E-state index in [1.165, 1.54) is 55.5 Å². The predicted molar refractivity (Wildman–Crippen MR) is 79.4 cm³/mol. The Morgan fingerprint density at radius 1 is 1.28 bits per heavy atom. The first-order chi connectivity index (χ1) is 8.86. The van der Waals surface area contributed by atoms with Gasteiger partial charge >= 0.3 is 0 Å². The van der Waals surface area contributed by atoms with Gasteiger partial charge in [0.15, 0.2) is 0 Å². The van der Waals surface area contributed by atoms with E-state index in [2.05, 4.69) is 36.1 Å². The van der Waals surface area contributed by atoms with Crippen LogP contribution in [0.1, 0.15) is 43.9 Å². The molecule has 2 aliphatic carbocycles. The van der Waals surface area contributed by atoms with E-state index in [1.54, 1.807) is 0 Å². The molecule has 0 radical (unpaired) electrons. The first-order valence-corrected chi connectivity index (χ1v) is 8.28. The van der Waals surface area contributed by atoms with Gasteiger partial charge < -0.3 is 5.32 Å². The van der Waals surface area contributed by atoms with Gasteiger partial charge in [-0.25, -0.2) is 4.98 Å². The summed E-state index contributed by atoms with van der Waals surface area (Å²) in [6.07, 6.45) is 7.70. The Labute approximate surface area is 114 Å². The van der Waals surface area contributed by atoms with Gasteiger partial charge in [-0.1, -0.05) is 19.4 Å². The number of aromatic nitrogens is 1. The molecule has 1 N–H and O–H groups in total. The van der Waals surface area contributed by atoms with Crippen molar-refractivity contribution in [1.82, 2.24) is 4.98 Å². The largest absolute Gasteiger partial charge is 0.366 e. The van der Waals surface area contributed by atoms with E-state index in [-0.39, 0.29) is 0 Å². The molecule has 0 bridgehead atoms. The van der Waals surface area contributed by atoms with Crippen molar-refractivity contribution in [2.45, 2.75) is 56.7 Å². The zero-order valence-corrected chi connectivity index (χ0v) is 11.9. The van der Waals surface area contributed by atoms with Crippen LogP contribution in [0.25, 0.3) is 0 Å². The summed E-state index contributed by atoms with van der Waals surface area (Å²) in [6.45, 7) is 2.26. The first kappa shape index (κ1) is 12.3. The zero-order valence-electron chi connectivity index (χ0n) is 11.1. The number of aryl methyl sites for hydroxylation is 2. The molecule has 2 unspecified atom stereocenters. The average molecular weight is 262 g/mol. The molecule has 3 rings (SSSR count). The molecule has 0 saturated heterocycles. The van der Waals surface area contributed by atoms with E-state index < -0.39 is 0 Å². The van der Waals surface area contributed by atoms with E-state index >= 15 is 0 Å². The molecular formula is C15H22N2S. The Hall–Kier alpha value is -0.700. The third-order valence-corrected chi connectivity index (χ3v) is 5.42. The first-order valence-electron chi connectivity index (χ1n) is 7.23. The number of pyridine rings is 1. The molecule has 3 heteroatoms. The van der Waals surface area contributed by atoms with Crippen molar-refractivity contribution in [2.24, 2.45) is 0 Å². The number of rotatable bonds is 4. The molecule has 1 heterocycles. The van der Waals surface area contributed by atoms with Gasteiger partial charge in [0.05, 0.1) is 0 Å². The Balaban J connectivity index is 1.68. The van der Waals surface area contributed by atoms with Crippen molar-refractivity contribution in [1.29, 1.82) is 0 Å². The van der Waals surface area contributed by atoms with Gasteiger partial charge in [-0.05, 0) is 49.5 Å². The van der Waals surface area contributed by atoms with Gasteiger partial charge in [-0.3, -0.25) is 0 Å². The van der Waals surface area contributed by atoms with Crippen LogP contribution in [-0.4, -0.2) is 22.0 Å². The van der Waals surface area contributed by atoms with Crippen LogP contribution in [0.5, 0.6) is 0 Å². The van der Waals surface area contributed by atoms with Crippen LogP contribution in [0.2, 0.25) is 0 Å². The minimum absolute atomic E-state index is 0.627. The molecule has 98 valence electrons. The second-order valence-corrected chi connectivity index (χ2v) is 6.85. The van der Waals surface area contributed by atoms with Crippen LogP contribution in [0, 0.1) is 0 Å². The smallest absolute Gasteiger partial charge is 0.126 e. The van der Waals surface area contributed by atoms with Crippen molar-refractivity contribution < 1.29 is 0 Å². The molecule has 1 saturated carbocycles. The Bertz CT molecular complexity index is 419. The normalized spacial score (nSPS) is 26.3. The molecule has 0 aromatic carbocycles. The molecule has 1 fully saturated rings. The molecule has 2 nitrogen and oxygen atoms in total. The summed E-state index contributed by atoms with van der Waals surface area (Å²) >= 11 is 2.10. The molecule has 2 aliphatic rings. The number of thioether (sulfide) groups is 1. The minimum Gasteiger partial charge on any atom is -0.366 e. The highest BCUT2D eigenvalue weighted by atomic mass is 32.2. The lowest BCUT2D eigenvalue weighted by atomic mass is 10.2. The lowest BCUT2D eigenvalue weighted by molar-refractivity contribution is 0.761. The van der Waals surface area contributed by atoms with E-state index in [0.717, 1.165) is 11.1 Å². The van der Waals surface area contributed by atoms with Gasteiger partial charge in [-0.2, -0.15) is 11.8 Å². The second-order valence-electron chi connectivity index (χ2n) is 5.33. The maximum Gasteiger partial charge on any atom is 0.126 e. The molecule has 1 aromatic heterocycles. The van der Waals surface area contributed by atoms with Gasteiger partial charge in [0.25, 0.3) is 0 Å². The van der Waals surface area contributed by atoms with Crippen molar-refractivity contribution >= 4 is 17.6 Å². The van der Waals surface area contributed by atoms with Crippen LogP contribution in [0.3, 0.4) is 0 Å². The fraction of sp³-hybridized carbons (Fsp3) is 0.667. The highest BCUT2D eigenvalue weighted by Gasteiger charge is 2.27. The van der Waals surface area contributed by atoms with E-state index in [4.69, 9.17) is 4.98 Å². The lowest BCUT2D eigenvalue weighted by Crippen LogP contribution is -2.26. The standard InChI is InChI=1S/C15H22N2S/c1-2-18-14-8-4-7-13(14)17-15-10-9-11-5-3-6-12(11)16-15/h9-10,13-14H,2-8H2,1H3,(H,16,17). The SMILES string of the molecule is CCSC1CCCC1Nc1ccc2c(n1)CCC2. The van der Waals surface area contributed by atoms with Crippen LogP contribution in [-0.2, 0) is 12.8 Å². The number of nitrogens with zero attached hydrogens (tertiary/aromatic N) is 1. The average Bonchev–Trinajstić information content (AvgIpc) is 2.99. The van der Waals surface area contributed by atoms with Crippen LogP contribution in [0.15, 0.2) is 12.1 Å². The molecule has 18 heavy (non-hydrogen) atoms. The summed E-state index contributed by atoms with van der Waals surface area (Å²) in [5.74, 6) is 2.32. The molecule has 1 aromatic rings. The third kappa shape index (κ3) is 2.51. The fourth-order valence-corrected chi connectivity index (χ4v) is 4.39. The number of hydrogen-bond donors (Lipinski definition) is 1. The third-order valence-electron chi connectivity index (χ3n) is 4.09. The quantitative estimate of drug-likeness (QED) is 0.896. The molecule has 0 spiro atoms. The van der Waals surface area contributed by atoms with Crippen molar-refractivity contribution in [3.8, 4) is 0 Å². The maximum absolute atomic E-state index is 4.79. The monoisotopic (exact) mass is 262 g/mol. The van der Waals surface area contributed by atoms with Crippen molar-refractivity contribution in [2.75, 3.05) is 11.1 Å². The van der Waals surface area contributed by atoms with E-state index in [1.807, 2.05) is 0 Å². The van der Waals surface area contributed by atoms with Gasteiger partial charge in [0, 0.05) is 17.0 Å². The summed E-state index contributed by atoms with van der Waals surface area (Å²) in [6, 6.07) is 5.08. The fourth-order valence-electron chi connectivity index (χ4n) is 3.20. The van der Waals surface area contributed by atoms with E-state index in [0.29, 0.717) is 6.04 Å². The van der Waals surface area contributed by atoms with Crippen LogP contribution >= 0.6 is 11.8 Å². The number of fused-ring (bicyclic) bond motifs is 1. The van der Waals surface area contributed by atoms with Crippen LogP contribution in [0.4, 0.5) is 5.82 Å². The Kier molecular flexibility index (Phi) is 3.78. The molecule has 0 amide bonds. The van der Waals surface area contributed by atoms with Gasteiger partial charge in [-0.15, -0.1) is 0 Å². The van der Waals surface area contributed by atoms with Gasteiger partial charge in [0.2, 0.25) is 0 Å². The highest BCUT2D eigenvalue weighted by Crippen LogP contribution is 2.32. The summed E-state index contributed by atoms with van der Waals surface area (Å²) in [4.78, 5) is 4.79. The lowest BCUT2D eigenvalue weighted by Gasteiger charge is -2.21. The Morgan fingerprint density at radius 3 is 3.11 bits per heavy atom. The molecule has 2 atom stereocenters. The number of anilines is 1. The topological polar surface area (TPSA) is 24.9 Å². The van der Waals surface area contributed by atoms with E-state index in [9.17, 15) is 0 Å². The Morgan fingerprint density at radius 2 is 2.22 bits per heavy atom. The molecular weight excluding hydrogens is 240 g/mol. The summed E-state index contributed by atoms with van der Waals surface area (Å²) < 4.78 is 0. The molecule has 0 aliphatic heterocycles. The van der Waals surface area contributed by atoms with Crippen molar-refractivity contribution in [3.63, 3.8) is 0 Å². The summed E-state index contributed by atoms with van der Waals surface area (Å²) in [5, 5.41) is 4.46.